The van der Waals surface area contributed by atoms with Crippen molar-refractivity contribution in [2.75, 3.05) is 0 Å². The zero-order valence-corrected chi connectivity index (χ0v) is 12.5. The van der Waals surface area contributed by atoms with Crippen LogP contribution in [0.5, 0.6) is 0 Å². The molecule has 0 aliphatic rings. The van der Waals surface area contributed by atoms with E-state index in [4.69, 9.17) is 5.11 Å². The highest BCUT2D eigenvalue weighted by molar-refractivity contribution is 9.10. The summed E-state index contributed by atoms with van der Waals surface area (Å²) in [6.45, 7) is 3.94. The SMILES string of the molecule is CCc1nc(-c2cc(Br)c(C)s2)sc1C(=O)O. The maximum atomic E-state index is 11.1. The Morgan fingerprint density at radius 1 is 1.53 bits per heavy atom. The van der Waals surface area contributed by atoms with Crippen LogP contribution in [0, 0.1) is 6.92 Å². The number of thiophene rings is 1. The number of hydrogen-bond donors (Lipinski definition) is 1. The number of carbonyl (C=O) groups is 1. The molecule has 0 fully saturated rings. The van der Waals surface area contributed by atoms with Crippen molar-refractivity contribution >= 4 is 44.6 Å². The third-order valence-corrected chi connectivity index (χ3v) is 5.69. The van der Waals surface area contributed by atoms with Crippen LogP contribution >= 0.6 is 38.6 Å². The Morgan fingerprint density at radius 2 is 2.24 bits per heavy atom. The predicted octanol–water partition coefficient (Wildman–Crippen LogP) is 4.20. The molecule has 0 aromatic carbocycles. The Bertz CT molecular complexity index is 555. The van der Waals surface area contributed by atoms with E-state index in [0.717, 1.165) is 14.4 Å². The molecule has 90 valence electrons. The summed E-state index contributed by atoms with van der Waals surface area (Å²) in [5, 5.41) is 9.87. The average Bonchev–Trinajstić information content (AvgIpc) is 2.83. The molecule has 0 bridgehead atoms. The van der Waals surface area contributed by atoms with Crippen LogP contribution < -0.4 is 0 Å². The van der Waals surface area contributed by atoms with E-state index in [0.29, 0.717) is 17.0 Å². The van der Waals surface area contributed by atoms with E-state index >= 15 is 0 Å². The van der Waals surface area contributed by atoms with E-state index in [9.17, 15) is 4.79 Å². The molecule has 0 radical (unpaired) electrons. The van der Waals surface area contributed by atoms with Gasteiger partial charge in [-0.15, -0.1) is 22.7 Å². The van der Waals surface area contributed by atoms with Gasteiger partial charge in [-0.25, -0.2) is 9.78 Å². The van der Waals surface area contributed by atoms with Gasteiger partial charge in [-0.05, 0) is 35.3 Å². The fraction of sp³-hybridized carbons (Fsp3) is 0.273. The summed E-state index contributed by atoms with van der Waals surface area (Å²) >= 11 is 6.32. The summed E-state index contributed by atoms with van der Waals surface area (Å²) < 4.78 is 1.04. The highest BCUT2D eigenvalue weighted by atomic mass is 79.9. The van der Waals surface area contributed by atoms with Crippen molar-refractivity contribution in [3.8, 4) is 9.88 Å². The molecule has 2 heterocycles. The lowest BCUT2D eigenvalue weighted by Crippen LogP contribution is -1.97. The molecule has 0 spiro atoms. The Labute approximate surface area is 115 Å². The molecule has 2 rings (SSSR count). The van der Waals surface area contributed by atoms with Gasteiger partial charge in [0.05, 0.1) is 10.6 Å². The minimum absolute atomic E-state index is 0.352. The number of carboxylic acids is 1. The molecule has 0 amide bonds. The number of aryl methyl sites for hydroxylation is 2. The highest BCUT2D eigenvalue weighted by Crippen LogP contribution is 2.37. The normalized spacial score (nSPS) is 10.8. The lowest BCUT2D eigenvalue weighted by atomic mass is 10.3. The van der Waals surface area contributed by atoms with E-state index in [1.165, 1.54) is 16.2 Å². The summed E-state index contributed by atoms with van der Waals surface area (Å²) in [6, 6.07) is 1.99. The standard InChI is InChI=1S/C11H10BrNO2S2/c1-3-7-9(11(14)15)17-10(13-7)8-4-6(12)5(2)16-8/h4H,3H2,1-2H3,(H,14,15). The quantitative estimate of drug-likeness (QED) is 0.916. The second-order valence-corrected chi connectivity index (χ2v) is 6.58. The molecule has 0 aliphatic carbocycles. The summed E-state index contributed by atoms with van der Waals surface area (Å²) in [4.78, 5) is 18.0. The number of aromatic carboxylic acids is 1. The first-order chi connectivity index (χ1) is 8.02. The van der Waals surface area contributed by atoms with Crippen molar-refractivity contribution in [1.82, 2.24) is 4.98 Å². The van der Waals surface area contributed by atoms with Gasteiger partial charge >= 0.3 is 5.97 Å². The van der Waals surface area contributed by atoms with Crippen LogP contribution in [-0.2, 0) is 6.42 Å². The molecule has 3 nitrogen and oxygen atoms in total. The molecule has 1 N–H and O–H groups in total. The topological polar surface area (TPSA) is 50.2 Å². The lowest BCUT2D eigenvalue weighted by Gasteiger charge is -1.89. The molecule has 0 saturated carbocycles. The van der Waals surface area contributed by atoms with Crippen LogP contribution in [0.15, 0.2) is 10.5 Å². The fourth-order valence-corrected chi connectivity index (χ4v) is 4.00. The number of aromatic nitrogens is 1. The number of hydrogen-bond acceptors (Lipinski definition) is 4. The monoisotopic (exact) mass is 331 g/mol. The van der Waals surface area contributed by atoms with Crippen molar-refractivity contribution in [3.05, 3.63) is 26.0 Å². The van der Waals surface area contributed by atoms with E-state index in [2.05, 4.69) is 20.9 Å². The van der Waals surface area contributed by atoms with Gasteiger partial charge in [0, 0.05) is 9.35 Å². The smallest absolute Gasteiger partial charge is 0.347 e. The van der Waals surface area contributed by atoms with Crippen molar-refractivity contribution in [1.29, 1.82) is 0 Å². The molecule has 17 heavy (non-hydrogen) atoms. The van der Waals surface area contributed by atoms with Crippen LogP contribution in [-0.4, -0.2) is 16.1 Å². The van der Waals surface area contributed by atoms with Crippen molar-refractivity contribution in [3.63, 3.8) is 0 Å². The minimum atomic E-state index is -0.891. The maximum Gasteiger partial charge on any atom is 0.347 e. The number of nitrogens with zero attached hydrogens (tertiary/aromatic N) is 1. The van der Waals surface area contributed by atoms with Crippen molar-refractivity contribution in [2.24, 2.45) is 0 Å². The maximum absolute atomic E-state index is 11.1. The highest BCUT2D eigenvalue weighted by Gasteiger charge is 2.18. The van der Waals surface area contributed by atoms with Gasteiger partial charge < -0.3 is 5.11 Å². The Balaban J connectivity index is 2.49. The zero-order chi connectivity index (χ0) is 12.6. The second kappa shape index (κ2) is 4.88. The largest absolute Gasteiger partial charge is 0.477 e. The molecule has 0 saturated heterocycles. The summed E-state index contributed by atoms with van der Waals surface area (Å²) in [5.41, 5.74) is 0.666. The molecular formula is C11H10BrNO2S2. The minimum Gasteiger partial charge on any atom is -0.477 e. The summed E-state index contributed by atoms with van der Waals surface area (Å²) in [7, 11) is 0. The van der Waals surface area contributed by atoms with Crippen LogP contribution in [0.2, 0.25) is 0 Å². The van der Waals surface area contributed by atoms with E-state index < -0.39 is 5.97 Å². The Morgan fingerprint density at radius 3 is 2.65 bits per heavy atom. The van der Waals surface area contributed by atoms with Crippen LogP contribution in [0.1, 0.15) is 27.2 Å². The van der Waals surface area contributed by atoms with E-state index in [1.807, 2.05) is 19.9 Å². The van der Waals surface area contributed by atoms with Gasteiger partial charge in [0.25, 0.3) is 0 Å². The van der Waals surface area contributed by atoms with Crippen LogP contribution in [0.4, 0.5) is 0 Å². The molecule has 6 heteroatoms. The van der Waals surface area contributed by atoms with Gasteiger partial charge in [0.1, 0.15) is 9.88 Å². The first-order valence-electron chi connectivity index (χ1n) is 5.02. The summed E-state index contributed by atoms with van der Waals surface area (Å²) in [5.74, 6) is -0.891. The zero-order valence-electron chi connectivity index (χ0n) is 9.28. The number of thiazole rings is 1. The van der Waals surface area contributed by atoms with E-state index in [-0.39, 0.29) is 0 Å². The number of halogens is 1. The van der Waals surface area contributed by atoms with Gasteiger partial charge in [-0.2, -0.15) is 0 Å². The molecule has 0 aliphatic heterocycles. The van der Waals surface area contributed by atoms with Gasteiger partial charge in [-0.1, -0.05) is 6.92 Å². The first-order valence-corrected chi connectivity index (χ1v) is 7.44. The van der Waals surface area contributed by atoms with E-state index in [1.54, 1.807) is 11.3 Å². The summed E-state index contributed by atoms with van der Waals surface area (Å²) in [6.07, 6.45) is 0.643. The first kappa shape index (κ1) is 12.7. The lowest BCUT2D eigenvalue weighted by molar-refractivity contribution is 0.0701. The molecular weight excluding hydrogens is 322 g/mol. The van der Waals surface area contributed by atoms with Gasteiger partial charge in [0.2, 0.25) is 0 Å². The number of carboxylic acid groups (broad SMARTS) is 1. The second-order valence-electron chi connectivity index (χ2n) is 3.47. The van der Waals surface area contributed by atoms with Gasteiger partial charge in [-0.3, -0.25) is 0 Å². The average molecular weight is 332 g/mol. The predicted molar refractivity (Wildman–Crippen MR) is 74.2 cm³/mol. The van der Waals surface area contributed by atoms with Crippen molar-refractivity contribution < 1.29 is 9.90 Å². The van der Waals surface area contributed by atoms with Crippen molar-refractivity contribution in [2.45, 2.75) is 20.3 Å². The Hall–Kier alpha value is -0.720. The Kier molecular flexibility index (Phi) is 3.65. The fourth-order valence-electron chi connectivity index (χ4n) is 1.43. The molecule has 2 aromatic heterocycles. The molecule has 0 atom stereocenters. The van der Waals surface area contributed by atoms with Crippen LogP contribution in [0.25, 0.3) is 9.88 Å². The third kappa shape index (κ3) is 2.43. The molecule has 0 unspecified atom stereocenters. The van der Waals surface area contributed by atoms with Crippen LogP contribution in [0.3, 0.4) is 0 Å². The molecule has 2 aromatic rings. The number of rotatable bonds is 3. The van der Waals surface area contributed by atoms with Gasteiger partial charge in [0.15, 0.2) is 0 Å². The third-order valence-electron chi connectivity index (χ3n) is 2.29.